The number of unbranched alkanes of at least 4 members (excludes halogenated alkanes) is 11. The summed E-state index contributed by atoms with van der Waals surface area (Å²) in [6.45, 7) is 1.73. The van der Waals surface area contributed by atoms with Crippen LogP contribution in [0.5, 0.6) is 0 Å². The first-order valence-electron chi connectivity index (χ1n) is 9.80. The monoisotopic (exact) mass is 448 g/mol. The quantitative estimate of drug-likeness (QED) is 0.265. The molecule has 10 heteroatoms. The van der Waals surface area contributed by atoms with Crippen molar-refractivity contribution in [2.75, 3.05) is 25.3 Å². The third-order valence-corrected chi connectivity index (χ3v) is 13.3. The molecular weight excluding hydrogens is 410 g/mol. The highest BCUT2D eigenvalue weighted by Crippen LogP contribution is 2.27. The van der Waals surface area contributed by atoms with E-state index in [2.05, 4.69) is 6.92 Å². The van der Waals surface area contributed by atoms with Crippen molar-refractivity contribution < 1.29 is 28.0 Å². The molecule has 0 atom stereocenters. The molecule has 7 nitrogen and oxygen atoms in total. The topological polar surface area (TPSA) is 102 Å². The van der Waals surface area contributed by atoms with Gasteiger partial charge in [-0.05, 0) is 9.12 Å². The van der Waals surface area contributed by atoms with Crippen molar-refractivity contribution >= 4 is 30.1 Å². The second-order valence-corrected chi connectivity index (χ2v) is 14.4. The molecule has 0 amide bonds. The van der Waals surface area contributed by atoms with Gasteiger partial charge in [-0.15, -0.1) is 0 Å². The lowest BCUT2D eigenvalue weighted by molar-refractivity contribution is -0.523. The van der Waals surface area contributed by atoms with Gasteiger partial charge in [-0.1, -0.05) is 71.1 Å². The first kappa shape index (κ1) is 26.8. The molecule has 0 aliphatic heterocycles. The molecule has 0 saturated heterocycles. The maximum Gasteiger partial charge on any atom is 0.323 e. The Morgan fingerprint density at radius 3 is 1.00 bits per heavy atom. The average molecular weight is 449 g/mol. The maximum atomic E-state index is 12.1. The summed E-state index contributed by atoms with van der Waals surface area (Å²) in [5.74, 6) is 0. The van der Waals surface area contributed by atoms with Crippen LogP contribution in [-0.2, 0) is 30.1 Å². The Labute approximate surface area is 167 Å². The maximum absolute atomic E-state index is 12.1. The molecule has 0 heterocycles. The van der Waals surface area contributed by atoms with E-state index in [1.165, 1.54) is 44.9 Å². The van der Waals surface area contributed by atoms with Gasteiger partial charge in [0.25, 0.3) is 0 Å². The van der Waals surface area contributed by atoms with Gasteiger partial charge in [0.05, 0.1) is 18.8 Å². The second-order valence-electron chi connectivity index (χ2n) is 7.42. The SMILES string of the molecule is CCCCCCCCCCCCCC[N+](S(C)(=O)=O)(S(C)(=O)=O)S(C)(=O)=O. The van der Waals surface area contributed by atoms with E-state index in [1.54, 1.807) is 0 Å². The van der Waals surface area contributed by atoms with Crippen LogP contribution in [-0.4, -0.2) is 53.3 Å². The predicted octanol–water partition coefficient (Wildman–Crippen LogP) is 3.38. The highest BCUT2D eigenvalue weighted by Gasteiger charge is 2.56. The van der Waals surface area contributed by atoms with E-state index < -0.39 is 39.3 Å². The first-order chi connectivity index (χ1) is 12.3. The summed E-state index contributed by atoms with van der Waals surface area (Å²) >= 11 is 0. The molecule has 0 fully saturated rings. The predicted molar refractivity (Wildman–Crippen MR) is 111 cm³/mol. The Bertz CT molecular complexity index is 648. The van der Waals surface area contributed by atoms with Crippen LogP contribution in [0.25, 0.3) is 0 Å². The lowest BCUT2D eigenvalue weighted by atomic mass is 10.1. The second kappa shape index (κ2) is 11.7. The van der Waals surface area contributed by atoms with Crippen molar-refractivity contribution in [1.29, 1.82) is 0 Å². The molecule has 0 bridgehead atoms. The van der Waals surface area contributed by atoms with Crippen LogP contribution in [0.2, 0.25) is 0 Å². The van der Waals surface area contributed by atoms with E-state index in [1.807, 2.05) is 0 Å². The van der Waals surface area contributed by atoms with E-state index in [-0.39, 0.29) is 6.42 Å². The van der Waals surface area contributed by atoms with Crippen molar-refractivity contribution in [1.82, 2.24) is 0 Å². The Morgan fingerprint density at radius 2 is 0.741 bits per heavy atom. The van der Waals surface area contributed by atoms with Gasteiger partial charge in [-0.3, -0.25) is 0 Å². The summed E-state index contributed by atoms with van der Waals surface area (Å²) in [6, 6.07) is 0. The summed E-state index contributed by atoms with van der Waals surface area (Å²) in [5.41, 5.74) is 0. The van der Waals surface area contributed by atoms with E-state index in [4.69, 9.17) is 0 Å². The van der Waals surface area contributed by atoms with Crippen LogP contribution >= 0.6 is 0 Å². The molecule has 0 rings (SSSR count). The minimum absolute atomic E-state index is 0.226. The van der Waals surface area contributed by atoms with Crippen molar-refractivity contribution in [3.8, 4) is 0 Å². The van der Waals surface area contributed by atoms with E-state index in [9.17, 15) is 25.3 Å². The Hall–Kier alpha value is -0.190. The molecule has 0 N–H and O–H groups in total. The fraction of sp³-hybridized carbons (Fsp3) is 1.00. The molecule has 27 heavy (non-hydrogen) atoms. The van der Waals surface area contributed by atoms with E-state index >= 15 is 0 Å². The first-order valence-corrected chi connectivity index (χ1v) is 15.3. The standard InChI is InChI=1S/C17H38NO6S3/c1-5-6-7-8-9-10-11-12-13-14-15-16-17-18(25(2,19)20,26(3,21)22)27(4,23)24/h5-17H2,1-4H3/q+1. The van der Waals surface area contributed by atoms with E-state index in [0.29, 0.717) is 25.2 Å². The molecule has 0 aromatic heterocycles. The molecule has 0 unspecified atom stereocenters. The Balaban J connectivity index is 4.40. The smallest absolute Gasteiger partial charge is 0.171 e. The number of hydrogen-bond acceptors (Lipinski definition) is 6. The van der Waals surface area contributed by atoms with Crippen molar-refractivity contribution in [3.63, 3.8) is 0 Å². The molecule has 0 aromatic carbocycles. The average Bonchev–Trinajstić information content (AvgIpc) is 2.48. The van der Waals surface area contributed by atoms with Crippen molar-refractivity contribution in [2.24, 2.45) is 0 Å². The van der Waals surface area contributed by atoms with Crippen LogP contribution in [0.1, 0.15) is 84.0 Å². The minimum atomic E-state index is -4.39. The summed E-state index contributed by atoms with van der Waals surface area (Å²) < 4.78 is 70.7. The van der Waals surface area contributed by atoms with E-state index in [0.717, 1.165) is 19.3 Å². The van der Waals surface area contributed by atoms with Gasteiger partial charge in [0, 0.05) is 6.42 Å². The third-order valence-electron chi connectivity index (χ3n) is 4.80. The van der Waals surface area contributed by atoms with Gasteiger partial charge >= 0.3 is 30.1 Å². The van der Waals surface area contributed by atoms with Crippen LogP contribution < -0.4 is 0 Å². The third kappa shape index (κ3) is 8.37. The summed E-state index contributed by atoms with van der Waals surface area (Å²) in [7, 11) is -13.2. The number of quaternary nitrogens is 1. The van der Waals surface area contributed by atoms with Crippen LogP contribution in [0.4, 0.5) is 0 Å². The van der Waals surface area contributed by atoms with Gasteiger partial charge in [0.2, 0.25) is 0 Å². The molecule has 164 valence electrons. The molecule has 0 aliphatic carbocycles. The normalized spacial score (nSPS) is 13.8. The number of sulfonamides is 3. The highest BCUT2D eigenvalue weighted by molar-refractivity contribution is 8.09. The van der Waals surface area contributed by atoms with Gasteiger partial charge in [0.1, 0.15) is 6.54 Å². The summed E-state index contributed by atoms with van der Waals surface area (Å²) in [4.78, 5) is 0. The molecule has 0 aliphatic rings. The Morgan fingerprint density at radius 1 is 0.481 bits per heavy atom. The summed E-state index contributed by atoms with van der Waals surface area (Å²) in [5, 5.41) is 0. The lowest BCUT2D eigenvalue weighted by Gasteiger charge is -2.29. The van der Waals surface area contributed by atoms with Gasteiger partial charge < -0.3 is 0 Å². The van der Waals surface area contributed by atoms with Crippen LogP contribution in [0.15, 0.2) is 0 Å². The van der Waals surface area contributed by atoms with Gasteiger partial charge in [-0.2, -0.15) is 25.3 Å². The minimum Gasteiger partial charge on any atom is -0.171 e. The number of nitrogens with zero attached hydrogens (tertiary/aromatic N) is 1. The Kier molecular flexibility index (Phi) is 11.6. The van der Waals surface area contributed by atoms with Crippen LogP contribution in [0.3, 0.4) is 0 Å². The highest BCUT2D eigenvalue weighted by atomic mass is 32.3. The molecule has 0 aromatic rings. The van der Waals surface area contributed by atoms with Crippen molar-refractivity contribution in [3.05, 3.63) is 0 Å². The molecular formula is C17H38NO6S3+. The number of hydrogen-bond donors (Lipinski definition) is 0. The van der Waals surface area contributed by atoms with Gasteiger partial charge in [-0.25, -0.2) is 0 Å². The zero-order valence-electron chi connectivity index (χ0n) is 17.3. The zero-order valence-corrected chi connectivity index (χ0v) is 19.8. The van der Waals surface area contributed by atoms with Crippen molar-refractivity contribution in [2.45, 2.75) is 84.0 Å². The largest absolute Gasteiger partial charge is 0.323 e. The fourth-order valence-electron chi connectivity index (χ4n) is 3.38. The van der Waals surface area contributed by atoms with Gasteiger partial charge in [0.15, 0.2) is 0 Å². The molecule has 0 spiro atoms. The molecule has 0 radical (unpaired) electrons. The zero-order chi connectivity index (χ0) is 21.2. The number of rotatable bonds is 16. The molecule has 0 saturated carbocycles. The fourth-order valence-corrected chi connectivity index (χ4v) is 10.7. The van der Waals surface area contributed by atoms with Crippen LogP contribution in [0, 0.1) is 0 Å². The summed E-state index contributed by atoms with van der Waals surface area (Å²) in [6.07, 6.45) is 14.5. The lowest BCUT2D eigenvalue weighted by Crippen LogP contribution is -2.59.